The van der Waals surface area contributed by atoms with Crippen molar-refractivity contribution in [1.29, 1.82) is 0 Å². The molecular formula is C16H19ClFN3O2. The number of aliphatic hydroxyl groups excluding tert-OH is 1. The lowest BCUT2D eigenvalue weighted by molar-refractivity contribution is -0.118. The number of rotatable bonds is 6. The molecule has 7 heteroatoms. The van der Waals surface area contributed by atoms with Gasteiger partial charge in [-0.25, -0.2) is 9.07 Å². The minimum absolute atomic E-state index is 0.00250. The molecule has 0 saturated carbocycles. The first-order chi connectivity index (χ1) is 10.9. The van der Waals surface area contributed by atoms with Crippen molar-refractivity contribution in [3.8, 4) is 0 Å². The van der Waals surface area contributed by atoms with Gasteiger partial charge < -0.3 is 10.4 Å². The van der Waals surface area contributed by atoms with Crippen molar-refractivity contribution >= 4 is 23.3 Å². The minimum Gasteiger partial charge on any atom is -0.392 e. The highest BCUT2D eigenvalue weighted by molar-refractivity contribution is 6.30. The van der Waals surface area contributed by atoms with Gasteiger partial charge in [0.25, 0.3) is 0 Å². The van der Waals surface area contributed by atoms with Crippen LogP contribution in [0, 0.1) is 11.7 Å². The first kappa shape index (κ1) is 17.4. The molecule has 0 radical (unpaired) electrons. The number of hydrogen-bond acceptors (Lipinski definition) is 3. The molecule has 0 spiro atoms. The van der Waals surface area contributed by atoms with Crippen LogP contribution >= 0.6 is 11.6 Å². The Morgan fingerprint density at radius 2 is 2.17 bits per heavy atom. The Morgan fingerprint density at radius 1 is 1.43 bits per heavy atom. The number of aromatic nitrogens is 2. The van der Waals surface area contributed by atoms with E-state index in [2.05, 4.69) is 10.4 Å². The number of benzene rings is 1. The normalized spacial score (nSPS) is 12.4. The lowest BCUT2D eigenvalue weighted by Gasteiger charge is -2.14. The average molecular weight is 340 g/mol. The van der Waals surface area contributed by atoms with E-state index in [0.29, 0.717) is 17.9 Å². The third-order valence-electron chi connectivity index (χ3n) is 3.46. The molecule has 23 heavy (non-hydrogen) atoms. The maximum atomic E-state index is 13.5. The summed E-state index contributed by atoms with van der Waals surface area (Å²) in [5.41, 5.74) is 0.674. The molecule has 2 aromatic rings. The Balaban J connectivity index is 2.04. The summed E-state index contributed by atoms with van der Waals surface area (Å²) < 4.78 is 15.0. The molecule has 124 valence electrons. The lowest BCUT2D eigenvalue weighted by Crippen LogP contribution is -2.24. The SMILES string of the molecule is CC(C)C(O)CC(=O)Nc1ccnn1Cc1ccc(Cl)c(F)c1. The van der Waals surface area contributed by atoms with Crippen molar-refractivity contribution in [2.75, 3.05) is 5.32 Å². The van der Waals surface area contributed by atoms with E-state index in [1.54, 1.807) is 23.0 Å². The number of aliphatic hydroxyl groups is 1. The zero-order valence-corrected chi connectivity index (χ0v) is 13.7. The van der Waals surface area contributed by atoms with Gasteiger partial charge in [-0.05, 0) is 23.6 Å². The van der Waals surface area contributed by atoms with Crippen LogP contribution in [0.5, 0.6) is 0 Å². The smallest absolute Gasteiger partial charge is 0.228 e. The zero-order valence-electron chi connectivity index (χ0n) is 13.0. The summed E-state index contributed by atoms with van der Waals surface area (Å²) in [4.78, 5) is 11.9. The first-order valence-electron chi connectivity index (χ1n) is 7.30. The van der Waals surface area contributed by atoms with Gasteiger partial charge in [-0.2, -0.15) is 5.10 Å². The van der Waals surface area contributed by atoms with Crippen LogP contribution in [0.4, 0.5) is 10.2 Å². The summed E-state index contributed by atoms with van der Waals surface area (Å²) in [6, 6.07) is 6.15. The highest BCUT2D eigenvalue weighted by Gasteiger charge is 2.16. The number of carbonyl (C=O) groups is 1. The van der Waals surface area contributed by atoms with E-state index in [1.807, 2.05) is 13.8 Å². The molecule has 1 atom stereocenters. The summed E-state index contributed by atoms with van der Waals surface area (Å²) in [6.07, 6.45) is 0.857. The van der Waals surface area contributed by atoms with Gasteiger partial charge >= 0.3 is 0 Å². The van der Waals surface area contributed by atoms with E-state index in [9.17, 15) is 14.3 Å². The van der Waals surface area contributed by atoms with Crippen LogP contribution in [-0.2, 0) is 11.3 Å². The van der Waals surface area contributed by atoms with Crippen molar-refractivity contribution in [2.24, 2.45) is 5.92 Å². The molecule has 1 aromatic carbocycles. The predicted molar refractivity (Wildman–Crippen MR) is 86.8 cm³/mol. The quantitative estimate of drug-likeness (QED) is 0.850. The van der Waals surface area contributed by atoms with Crippen molar-refractivity contribution in [1.82, 2.24) is 9.78 Å². The van der Waals surface area contributed by atoms with Crippen molar-refractivity contribution in [3.63, 3.8) is 0 Å². The summed E-state index contributed by atoms with van der Waals surface area (Å²) in [6.45, 7) is 3.98. The van der Waals surface area contributed by atoms with Crippen LogP contribution < -0.4 is 5.32 Å². The molecule has 1 amide bonds. The Labute approximate surface area is 139 Å². The number of nitrogens with zero attached hydrogens (tertiary/aromatic N) is 2. The van der Waals surface area contributed by atoms with Crippen LogP contribution in [0.2, 0.25) is 5.02 Å². The number of amides is 1. The van der Waals surface area contributed by atoms with Crippen LogP contribution in [0.3, 0.4) is 0 Å². The lowest BCUT2D eigenvalue weighted by atomic mass is 10.0. The second kappa shape index (κ2) is 7.57. The third-order valence-corrected chi connectivity index (χ3v) is 3.77. The van der Waals surface area contributed by atoms with Gasteiger partial charge in [0, 0.05) is 6.07 Å². The second-order valence-electron chi connectivity index (χ2n) is 5.69. The predicted octanol–water partition coefficient (Wildman–Crippen LogP) is 3.07. The summed E-state index contributed by atoms with van der Waals surface area (Å²) >= 11 is 5.66. The molecule has 0 aliphatic heterocycles. The number of carbonyl (C=O) groups excluding carboxylic acids is 1. The largest absolute Gasteiger partial charge is 0.392 e. The molecule has 0 saturated heterocycles. The van der Waals surface area contributed by atoms with Crippen LogP contribution in [-0.4, -0.2) is 26.9 Å². The Kier molecular flexibility index (Phi) is 5.74. The number of hydrogen-bond donors (Lipinski definition) is 2. The van der Waals surface area contributed by atoms with Gasteiger partial charge in [0.05, 0.1) is 30.3 Å². The fraction of sp³-hybridized carbons (Fsp3) is 0.375. The number of anilines is 1. The van der Waals surface area contributed by atoms with Crippen LogP contribution in [0.1, 0.15) is 25.8 Å². The minimum atomic E-state index is -0.697. The van der Waals surface area contributed by atoms with Gasteiger partial charge in [-0.1, -0.05) is 31.5 Å². The van der Waals surface area contributed by atoms with E-state index < -0.39 is 11.9 Å². The zero-order chi connectivity index (χ0) is 17.0. The monoisotopic (exact) mass is 339 g/mol. The molecule has 0 fully saturated rings. The van der Waals surface area contributed by atoms with Crippen molar-refractivity contribution < 1.29 is 14.3 Å². The number of nitrogens with one attached hydrogen (secondary N) is 1. The Bertz CT molecular complexity index is 688. The number of halogens is 2. The molecule has 0 aliphatic rings. The molecule has 2 N–H and O–H groups in total. The fourth-order valence-electron chi connectivity index (χ4n) is 2.00. The highest BCUT2D eigenvalue weighted by atomic mass is 35.5. The second-order valence-corrected chi connectivity index (χ2v) is 6.09. The Hall–Kier alpha value is -1.92. The maximum absolute atomic E-state index is 13.5. The summed E-state index contributed by atoms with van der Waals surface area (Å²) in [5.74, 6) is -0.304. The summed E-state index contributed by atoms with van der Waals surface area (Å²) in [5, 5.41) is 16.6. The van der Waals surface area contributed by atoms with E-state index in [-0.39, 0.29) is 23.3 Å². The van der Waals surface area contributed by atoms with E-state index in [4.69, 9.17) is 11.6 Å². The van der Waals surface area contributed by atoms with Gasteiger partial charge in [0.1, 0.15) is 11.6 Å². The van der Waals surface area contributed by atoms with Crippen molar-refractivity contribution in [2.45, 2.75) is 32.9 Å². The molecule has 1 unspecified atom stereocenters. The standard InChI is InChI=1S/C16H19ClFN3O2/c1-10(2)14(22)8-16(23)20-15-5-6-19-21(15)9-11-3-4-12(17)13(18)7-11/h3-7,10,14,22H,8-9H2,1-2H3,(H,20,23). The average Bonchev–Trinajstić information content (AvgIpc) is 2.89. The Morgan fingerprint density at radius 3 is 2.83 bits per heavy atom. The van der Waals surface area contributed by atoms with Gasteiger partial charge in [0.2, 0.25) is 5.91 Å². The molecule has 0 bridgehead atoms. The van der Waals surface area contributed by atoms with E-state index >= 15 is 0 Å². The molecule has 2 rings (SSSR count). The van der Waals surface area contributed by atoms with Crippen LogP contribution in [0.25, 0.3) is 0 Å². The van der Waals surface area contributed by atoms with Crippen molar-refractivity contribution in [3.05, 3.63) is 46.9 Å². The first-order valence-corrected chi connectivity index (χ1v) is 7.68. The van der Waals surface area contributed by atoms with Crippen LogP contribution in [0.15, 0.2) is 30.5 Å². The molecule has 0 aliphatic carbocycles. The summed E-state index contributed by atoms with van der Waals surface area (Å²) in [7, 11) is 0. The topological polar surface area (TPSA) is 67.2 Å². The molecular weight excluding hydrogens is 321 g/mol. The molecule has 5 nitrogen and oxygen atoms in total. The third kappa shape index (κ3) is 4.77. The van der Waals surface area contributed by atoms with Gasteiger partial charge in [0.15, 0.2) is 0 Å². The highest BCUT2D eigenvalue weighted by Crippen LogP contribution is 2.18. The molecule has 1 heterocycles. The van der Waals surface area contributed by atoms with Gasteiger partial charge in [-0.15, -0.1) is 0 Å². The van der Waals surface area contributed by atoms with E-state index in [1.165, 1.54) is 12.1 Å². The molecule has 1 aromatic heterocycles. The van der Waals surface area contributed by atoms with E-state index in [0.717, 1.165) is 0 Å². The van der Waals surface area contributed by atoms with Gasteiger partial charge in [-0.3, -0.25) is 4.79 Å². The maximum Gasteiger partial charge on any atom is 0.228 e. The fourth-order valence-corrected chi connectivity index (χ4v) is 2.11.